The Morgan fingerprint density at radius 1 is 1.11 bits per heavy atom. The van der Waals surface area contributed by atoms with Gasteiger partial charge in [0.25, 0.3) is 5.91 Å². The van der Waals surface area contributed by atoms with Gasteiger partial charge >= 0.3 is 5.97 Å². The minimum Gasteiger partial charge on any atom is -0.491 e. The van der Waals surface area contributed by atoms with Crippen LogP contribution in [0.3, 0.4) is 0 Å². The fourth-order valence-electron chi connectivity index (χ4n) is 4.53. The van der Waals surface area contributed by atoms with Crippen LogP contribution >= 0.6 is 0 Å². The molecule has 194 valence electrons. The van der Waals surface area contributed by atoms with Gasteiger partial charge in [-0.2, -0.15) is 0 Å². The van der Waals surface area contributed by atoms with E-state index < -0.39 is 24.0 Å². The monoisotopic (exact) mass is 488 g/mol. The van der Waals surface area contributed by atoms with Gasteiger partial charge in [0.2, 0.25) is 0 Å². The molecule has 1 aromatic carbocycles. The highest BCUT2D eigenvalue weighted by Gasteiger charge is 2.34. The van der Waals surface area contributed by atoms with Gasteiger partial charge in [-0.3, -0.25) is 4.79 Å². The lowest BCUT2D eigenvalue weighted by Crippen LogP contribution is -2.44. The number of amides is 1. The molecule has 35 heavy (non-hydrogen) atoms. The average Bonchev–Trinajstić information content (AvgIpc) is 3.27. The first kappa shape index (κ1) is 28.4. The van der Waals surface area contributed by atoms with Crippen LogP contribution < -0.4 is 10.1 Å². The maximum atomic E-state index is 13.1. The third kappa shape index (κ3) is 6.24. The van der Waals surface area contributed by atoms with Crippen molar-refractivity contribution in [1.82, 2.24) is 9.88 Å². The molecule has 0 saturated carbocycles. The van der Waals surface area contributed by atoms with Crippen LogP contribution in [0.2, 0.25) is 0 Å². The van der Waals surface area contributed by atoms with Gasteiger partial charge in [0, 0.05) is 18.2 Å². The van der Waals surface area contributed by atoms with Gasteiger partial charge in [-0.25, -0.2) is 4.79 Å². The van der Waals surface area contributed by atoms with Crippen molar-refractivity contribution in [3.63, 3.8) is 0 Å². The Kier molecular flexibility index (Phi) is 9.92. The molecule has 0 bridgehead atoms. The number of aromatic nitrogens is 1. The summed E-state index contributed by atoms with van der Waals surface area (Å²) in [5.41, 5.74) is 3.08. The summed E-state index contributed by atoms with van der Waals surface area (Å²) in [5.74, 6) is -1.05. The number of carboxylic acid groups (broad SMARTS) is 1. The predicted octanol–water partition coefficient (Wildman–Crippen LogP) is 3.49. The molecular weight excluding hydrogens is 448 g/mol. The Balaban J connectivity index is 2.46. The second-order valence-corrected chi connectivity index (χ2v) is 9.35. The molecule has 0 fully saturated rings. The van der Waals surface area contributed by atoms with Crippen molar-refractivity contribution in [2.75, 3.05) is 13.2 Å². The lowest BCUT2D eigenvalue weighted by Gasteiger charge is -2.32. The topological polar surface area (TPSA) is 121 Å². The van der Waals surface area contributed by atoms with E-state index in [2.05, 4.69) is 25.2 Å². The fourth-order valence-corrected chi connectivity index (χ4v) is 4.53. The van der Waals surface area contributed by atoms with Gasteiger partial charge in [0.05, 0.1) is 6.61 Å². The number of ether oxygens (including phenoxy) is 1. The molecule has 0 radical (unpaired) electrons. The number of hydrogen-bond donors (Lipinski definition) is 4. The molecule has 0 aliphatic heterocycles. The van der Waals surface area contributed by atoms with Crippen LogP contribution in [0, 0.1) is 12.8 Å². The molecule has 2 aromatic rings. The number of aliphatic hydroxyl groups excluding tert-OH is 2. The Labute approximate surface area is 207 Å². The van der Waals surface area contributed by atoms with Crippen LogP contribution in [0.15, 0.2) is 30.5 Å². The predicted molar refractivity (Wildman–Crippen MR) is 135 cm³/mol. The summed E-state index contributed by atoms with van der Waals surface area (Å²) >= 11 is 0. The Bertz CT molecular complexity index is 1010. The van der Waals surface area contributed by atoms with Crippen LogP contribution in [0.1, 0.15) is 74.6 Å². The van der Waals surface area contributed by atoms with Crippen LogP contribution in [-0.4, -0.2) is 57.1 Å². The van der Waals surface area contributed by atoms with Gasteiger partial charge < -0.3 is 29.9 Å². The fraction of sp³-hybridized carbons (Fsp3) is 0.556. The van der Waals surface area contributed by atoms with Crippen LogP contribution in [-0.2, 0) is 16.8 Å². The standard InChI is InChI=1S/C27H40N2O6/c1-7-27(8-2,19-10-11-23(18(6)12-19)35-16-21(31)15-30)20-13-22(29(9-3)14-20)25(32)28-24(17(4)5)26(33)34/h10-14,17,21,24,30-31H,7-9,15-16H2,1-6H3,(H,28,32)(H,33,34)/t21?,24-/m0/s1. The summed E-state index contributed by atoms with van der Waals surface area (Å²) in [4.78, 5) is 24.7. The van der Waals surface area contributed by atoms with E-state index in [1.807, 2.05) is 42.8 Å². The Hall–Kier alpha value is -2.84. The van der Waals surface area contributed by atoms with E-state index in [9.17, 15) is 19.8 Å². The number of carbonyl (C=O) groups is 2. The molecule has 1 unspecified atom stereocenters. The van der Waals surface area contributed by atoms with E-state index in [0.717, 1.165) is 29.5 Å². The molecule has 2 rings (SSSR count). The first-order chi connectivity index (χ1) is 16.5. The molecule has 0 aliphatic carbocycles. The molecule has 1 heterocycles. The molecule has 0 spiro atoms. The van der Waals surface area contributed by atoms with Crippen LogP contribution in [0.4, 0.5) is 0 Å². The summed E-state index contributed by atoms with van der Waals surface area (Å²) in [6, 6.07) is 6.86. The lowest BCUT2D eigenvalue weighted by atomic mass is 9.71. The number of aliphatic carboxylic acids is 1. The summed E-state index contributed by atoms with van der Waals surface area (Å²) in [5, 5.41) is 30.8. The summed E-state index contributed by atoms with van der Waals surface area (Å²) in [7, 11) is 0. The minimum absolute atomic E-state index is 0.00885. The summed E-state index contributed by atoms with van der Waals surface area (Å²) < 4.78 is 7.53. The SMILES string of the molecule is CCn1cc(C(CC)(CC)c2ccc(OCC(O)CO)c(C)c2)cc1C(=O)N[C@H](C(=O)O)C(C)C. The van der Waals surface area contributed by atoms with Crippen molar-refractivity contribution >= 4 is 11.9 Å². The van der Waals surface area contributed by atoms with E-state index >= 15 is 0 Å². The largest absolute Gasteiger partial charge is 0.491 e. The van der Waals surface area contributed by atoms with Gasteiger partial charge in [0.15, 0.2) is 0 Å². The molecule has 0 aliphatic rings. The normalized spacial score (nSPS) is 13.5. The third-order valence-electron chi connectivity index (χ3n) is 6.82. The van der Waals surface area contributed by atoms with Crippen molar-refractivity contribution < 1.29 is 29.6 Å². The van der Waals surface area contributed by atoms with E-state index in [0.29, 0.717) is 18.0 Å². The van der Waals surface area contributed by atoms with Crippen molar-refractivity contribution in [2.45, 2.75) is 78.5 Å². The number of nitrogens with zero attached hydrogens (tertiary/aromatic N) is 1. The summed E-state index contributed by atoms with van der Waals surface area (Å²) in [6.45, 7) is 11.9. The van der Waals surface area contributed by atoms with Crippen molar-refractivity contribution in [3.8, 4) is 5.75 Å². The quantitative estimate of drug-likeness (QED) is 0.342. The van der Waals surface area contributed by atoms with Gasteiger partial charge in [-0.1, -0.05) is 39.8 Å². The Morgan fingerprint density at radius 3 is 2.26 bits per heavy atom. The minimum atomic E-state index is -1.05. The van der Waals surface area contributed by atoms with E-state index in [1.165, 1.54) is 0 Å². The van der Waals surface area contributed by atoms with E-state index in [1.54, 1.807) is 13.8 Å². The molecule has 8 nitrogen and oxygen atoms in total. The number of nitrogens with one attached hydrogen (secondary N) is 1. The highest BCUT2D eigenvalue weighted by atomic mass is 16.5. The number of aliphatic hydroxyl groups is 2. The van der Waals surface area contributed by atoms with Crippen molar-refractivity contribution in [1.29, 1.82) is 0 Å². The first-order valence-electron chi connectivity index (χ1n) is 12.3. The highest BCUT2D eigenvalue weighted by molar-refractivity contribution is 5.95. The molecule has 0 saturated heterocycles. The molecule has 8 heteroatoms. The number of rotatable bonds is 13. The second-order valence-electron chi connectivity index (χ2n) is 9.35. The summed E-state index contributed by atoms with van der Waals surface area (Å²) in [6.07, 6.45) is 2.65. The maximum absolute atomic E-state index is 13.1. The van der Waals surface area contributed by atoms with Crippen LogP contribution in [0.25, 0.3) is 0 Å². The zero-order valence-electron chi connectivity index (χ0n) is 21.7. The highest BCUT2D eigenvalue weighted by Crippen LogP contribution is 2.41. The molecule has 4 N–H and O–H groups in total. The van der Waals surface area contributed by atoms with Gasteiger partial charge in [-0.15, -0.1) is 0 Å². The third-order valence-corrected chi connectivity index (χ3v) is 6.82. The van der Waals surface area contributed by atoms with Crippen molar-refractivity contribution in [3.05, 3.63) is 52.8 Å². The number of benzene rings is 1. The van der Waals surface area contributed by atoms with E-state index in [4.69, 9.17) is 9.84 Å². The second kappa shape index (κ2) is 12.2. The Morgan fingerprint density at radius 2 is 1.77 bits per heavy atom. The molecule has 2 atom stereocenters. The zero-order valence-corrected chi connectivity index (χ0v) is 21.7. The molecule has 1 aromatic heterocycles. The number of carboxylic acids is 1. The molecular formula is C27H40N2O6. The number of hydrogen-bond acceptors (Lipinski definition) is 5. The van der Waals surface area contributed by atoms with E-state index in [-0.39, 0.29) is 24.5 Å². The number of aryl methyl sites for hydroxylation is 2. The van der Waals surface area contributed by atoms with Gasteiger partial charge in [-0.05, 0) is 61.4 Å². The maximum Gasteiger partial charge on any atom is 0.326 e. The first-order valence-corrected chi connectivity index (χ1v) is 12.3. The van der Waals surface area contributed by atoms with Crippen LogP contribution in [0.5, 0.6) is 5.75 Å². The lowest BCUT2D eigenvalue weighted by molar-refractivity contribution is -0.140. The zero-order chi connectivity index (χ0) is 26.3. The smallest absolute Gasteiger partial charge is 0.326 e. The van der Waals surface area contributed by atoms with Crippen molar-refractivity contribution in [2.24, 2.45) is 5.92 Å². The average molecular weight is 489 g/mol. The van der Waals surface area contributed by atoms with Gasteiger partial charge in [0.1, 0.15) is 30.2 Å². The molecule has 1 amide bonds. The number of carbonyl (C=O) groups excluding carboxylic acids is 1.